The van der Waals surface area contributed by atoms with E-state index in [1.165, 1.54) is 4.57 Å². The minimum Gasteiger partial charge on any atom is -0.378 e. The van der Waals surface area contributed by atoms with E-state index in [0.717, 1.165) is 16.6 Å². The zero-order valence-electron chi connectivity index (χ0n) is 13.1. The average Bonchev–Trinajstić information content (AvgIpc) is 2.79. The molecule has 0 atom stereocenters. The quantitative estimate of drug-likeness (QED) is 0.795. The molecule has 0 radical (unpaired) electrons. The first-order chi connectivity index (χ1) is 10.5. The molecule has 1 amide bonds. The Hall–Kier alpha value is -2.15. The Kier molecular flexibility index (Phi) is 3.74. The van der Waals surface area contributed by atoms with Crippen LogP contribution in [0, 0.1) is 13.8 Å². The van der Waals surface area contributed by atoms with Gasteiger partial charge in [-0.15, -0.1) is 0 Å². The summed E-state index contributed by atoms with van der Waals surface area (Å²) in [6.45, 7) is 6.10. The molecule has 2 aromatic rings. The number of carbonyl (C=O) groups excluding carboxylic acids is 1. The van der Waals surface area contributed by atoms with Gasteiger partial charge in [-0.1, -0.05) is 0 Å². The third-order valence-electron chi connectivity index (χ3n) is 4.11. The van der Waals surface area contributed by atoms with Crippen LogP contribution in [-0.2, 0) is 23.1 Å². The van der Waals surface area contributed by atoms with Crippen molar-refractivity contribution in [1.29, 1.82) is 0 Å². The second-order valence-corrected chi connectivity index (χ2v) is 5.65. The van der Waals surface area contributed by atoms with Crippen LogP contribution in [0.15, 0.2) is 10.9 Å². The van der Waals surface area contributed by atoms with Gasteiger partial charge in [0.1, 0.15) is 12.2 Å². The number of hydrogen-bond donors (Lipinski definition) is 0. The van der Waals surface area contributed by atoms with Crippen molar-refractivity contribution in [2.24, 2.45) is 7.05 Å². The summed E-state index contributed by atoms with van der Waals surface area (Å²) < 4.78 is 8.44. The summed E-state index contributed by atoms with van der Waals surface area (Å²) in [4.78, 5) is 26.5. The van der Waals surface area contributed by atoms with Crippen molar-refractivity contribution in [3.05, 3.63) is 27.7 Å². The van der Waals surface area contributed by atoms with Crippen LogP contribution in [0.1, 0.15) is 11.3 Å². The molecule has 7 heteroatoms. The van der Waals surface area contributed by atoms with Gasteiger partial charge in [0.15, 0.2) is 0 Å². The molecule has 0 aliphatic carbocycles. The SMILES string of the molecule is Cc1cc(=O)n(CC(=O)N2CCOCC2)c2c1c(C)nn2C. The number of amides is 1. The highest BCUT2D eigenvalue weighted by Gasteiger charge is 2.20. The summed E-state index contributed by atoms with van der Waals surface area (Å²) in [5.41, 5.74) is 2.28. The predicted octanol–water partition coefficient (Wildman–Crippen LogP) is 0.211. The molecule has 2 aromatic heterocycles. The van der Waals surface area contributed by atoms with E-state index < -0.39 is 0 Å². The van der Waals surface area contributed by atoms with Crippen molar-refractivity contribution in [1.82, 2.24) is 19.2 Å². The smallest absolute Gasteiger partial charge is 0.252 e. The molecule has 1 aliphatic heterocycles. The van der Waals surface area contributed by atoms with Crippen molar-refractivity contribution in [3.8, 4) is 0 Å². The lowest BCUT2D eigenvalue weighted by Crippen LogP contribution is -2.43. The lowest BCUT2D eigenvalue weighted by molar-refractivity contribution is -0.135. The number of carbonyl (C=O) groups is 1. The lowest BCUT2D eigenvalue weighted by Gasteiger charge is -2.27. The van der Waals surface area contributed by atoms with Gasteiger partial charge in [-0.3, -0.25) is 18.8 Å². The highest BCUT2D eigenvalue weighted by atomic mass is 16.5. The fourth-order valence-electron chi connectivity index (χ4n) is 3.06. The standard InChI is InChI=1S/C15H20N4O3/c1-10-8-12(20)19(15-14(10)11(2)16-17(15)3)9-13(21)18-4-6-22-7-5-18/h8H,4-7,9H2,1-3H3. The number of morpholine rings is 1. The number of nitrogens with zero attached hydrogens (tertiary/aromatic N) is 4. The highest BCUT2D eigenvalue weighted by Crippen LogP contribution is 2.19. The second-order valence-electron chi connectivity index (χ2n) is 5.65. The van der Waals surface area contributed by atoms with E-state index >= 15 is 0 Å². The van der Waals surface area contributed by atoms with Gasteiger partial charge < -0.3 is 9.64 Å². The van der Waals surface area contributed by atoms with Gasteiger partial charge in [0.2, 0.25) is 5.91 Å². The third-order valence-corrected chi connectivity index (χ3v) is 4.11. The number of aryl methyl sites for hydroxylation is 3. The highest BCUT2D eigenvalue weighted by molar-refractivity contribution is 5.84. The number of rotatable bonds is 2. The molecule has 0 saturated carbocycles. The zero-order chi connectivity index (χ0) is 15.9. The van der Waals surface area contributed by atoms with Crippen LogP contribution in [0.2, 0.25) is 0 Å². The maximum absolute atomic E-state index is 12.4. The Bertz CT molecular complexity index is 784. The number of hydrogen-bond acceptors (Lipinski definition) is 4. The Morgan fingerprint density at radius 3 is 2.68 bits per heavy atom. The minimum atomic E-state index is -0.172. The van der Waals surface area contributed by atoms with Crippen molar-refractivity contribution < 1.29 is 9.53 Å². The molecule has 3 heterocycles. The molecular weight excluding hydrogens is 284 g/mol. The van der Waals surface area contributed by atoms with E-state index in [1.807, 2.05) is 13.8 Å². The van der Waals surface area contributed by atoms with Gasteiger partial charge in [-0.25, -0.2) is 0 Å². The topological polar surface area (TPSA) is 69.4 Å². The zero-order valence-corrected chi connectivity index (χ0v) is 13.1. The molecule has 0 N–H and O–H groups in total. The molecule has 1 saturated heterocycles. The van der Waals surface area contributed by atoms with Crippen LogP contribution >= 0.6 is 0 Å². The van der Waals surface area contributed by atoms with Gasteiger partial charge >= 0.3 is 0 Å². The molecule has 0 spiro atoms. The lowest BCUT2D eigenvalue weighted by atomic mass is 10.1. The minimum absolute atomic E-state index is 0.0363. The van der Waals surface area contributed by atoms with Crippen LogP contribution in [0.3, 0.4) is 0 Å². The third kappa shape index (κ3) is 2.41. The largest absolute Gasteiger partial charge is 0.378 e. The number of pyridine rings is 1. The van der Waals surface area contributed by atoms with Crippen LogP contribution in [0.5, 0.6) is 0 Å². The van der Waals surface area contributed by atoms with Gasteiger partial charge in [-0.05, 0) is 19.4 Å². The maximum atomic E-state index is 12.4. The number of ether oxygens (including phenoxy) is 1. The Labute approximate surface area is 128 Å². The normalized spacial score (nSPS) is 15.5. The van der Waals surface area contributed by atoms with Gasteiger partial charge in [-0.2, -0.15) is 5.10 Å². The summed E-state index contributed by atoms with van der Waals surface area (Å²) in [5.74, 6) is -0.0607. The van der Waals surface area contributed by atoms with Crippen LogP contribution in [0.25, 0.3) is 11.0 Å². The van der Waals surface area contributed by atoms with Crippen molar-refractivity contribution in [3.63, 3.8) is 0 Å². The first-order valence-corrected chi connectivity index (χ1v) is 7.38. The van der Waals surface area contributed by atoms with E-state index in [1.54, 1.807) is 22.7 Å². The van der Waals surface area contributed by atoms with E-state index in [4.69, 9.17) is 4.74 Å². The van der Waals surface area contributed by atoms with E-state index in [9.17, 15) is 9.59 Å². The molecule has 1 fully saturated rings. The second kappa shape index (κ2) is 5.57. The maximum Gasteiger partial charge on any atom is 0.252 e. The number of aromatic nitrogens is 3. The molecule has 22 heavy (non-hydrogen) atoms. The fraction of sp³-hybridized carbons (Fsp3) is 0.533. The van der Waals surface area contributed by atoms with Gasteiger partial charge in [0, 0.05) is 31.6 Å². The van der Waals surface area contributed by atoms with Crippen LogP contribution in [-0.4, -0.2) is 51.5 Å². The van der Waals surface area contributed by atoms with Crippen molar-refractivity contribution >= 4 is 16.9 Å². The molecule has 3 rings (SSSR count). The summed E-state index contributed by atoms with van der Waals surface area (Å²) in [5, 5.41) is 5.33. The monoisotopic (exact) mass is 304 g/mol. The van der Waals surface area contributed by atoms with Gasteiger partial charge in [0.05, 0.1) is 18.9 Å². The first-order valence-electron chi connectivity index (χ1n) is 7.38. The fourth-order valence-corrected chi connectivity index (χ4v) is 3.06. The van der Waals surface area contributed by atoms with E-state index in [2.05, 4.69) is 5.10 Å². The van der Waals surface area contributed by atoms with E-state index in [-0.39, 0.29) is 18.0 Å². The summed E-state index contributed by atoms with van der Waals surface area (Å²) in [7, 11) is 1.80. The summed E-state index contributed by atoms with van der Waals surface area (Å²) in [6, 6.07) is 1.57. The molecule has 0 unspecified atom stereocenters. The van der Waals surface area contributed by atoms with Crippen LogP contribution in [0.4, 0.5) is 0 Å². The Balaban J connectivity index is 2.03. The average molecular weight is 304 g/mol. The Morgan fingerprint density at radius 2 is 2.00 bits per heavy atom. The summed E-state index contributed by atoms with van der Waals surface area (Å²) >= 11 is 0. The van der Waals surface area contributed by atoms with Crippen LogP contribution < -0.4 is 5.56 Å². The molecule has 118 valence electrons. The van der Waals surface area contributed by atoms with Gasteiger partial charge in [0.25, 0.3) is 5.56 Å². The molecular formula is C15H20N4O3. The predicted molar refractivity (Wildman–Crippen MR) is 81.8 cm³/mol. The van der Waals surface area contributed by atoms with Crippen molar-refractivity contribution in [2.45, 2.75) is 20.4 Å². The molecule has 1 aliphatic rings. The molecule has 7 nitrogen and oxygen atoms in total. The Morgan fingerprint density at radius 1 is 1.32 bits per heavy atom. The van der Waals surface area contributed by atoms with E-state index in [0.29, 0.717) is 32.0 Å². The van der Waals surface area contributed by atoms with Crippen molar-refractivity contribution in [2.75, 3.05) is 26.3 Å². The first kappa shape index (κ1) is 14.8. The molecule has 0 bridgehead atoms. The number of fused-ring (bicyclic) bond motifs is 1. The molecule has 0 aromatic carbocycles. The summed E-state index contributed by atoms with van der Waals surface area (Å²) in [6.07, 6.45) is 0.